The van der Waals surface area contributed by atoms with Gasteiger partial charge in [0.05, 0.1) is 17.4 Å². The van der Waals surface area contributed by atoms with Gasteiger partial charge in [-0.3, -0.25) is 4.72 Å². The largest absolute Gasteiger partial charge is 0.451 e. The van der Waals surface area contributed by atoms with Crippen molar-refractivity contribution in [1.82, 2.24) is 9.97 Å². The van der Waals surface area contributed by atoms with Crippen LogP contribution in [0.3, 0.4) is 0 Å². The van der Waals surface area contributed by atoms with E-state index >= 15 is 0 Å². The third-order valence-corrected chi connectivity index (χ3v) is 5.54. The van der Waals surface area contributed by atoms with Gasteiger partial charge in [0, 0.05) is 24.3 Å². The topological polar surface area (TPSA) is 95.4 Å². The minimum absolute atomic E-state index is 0.0585. The molecule has 2 heterocycles. The number of alkyl halides is 3. The lowest BCUT2D eigenvalue weighted by Gasteiger charge is -2.24. The second-order valence-electron chi connectivity index (χ2n) is 7.44. The Labute approximate surface area is 187 Å². The van der Waals surface area contributed by atoms with Gasteiger partial charge in [0.2, 0.25) is 16.7 Å². The summed E-state index contributed by atoms with van der Waals surface area (Å²) < 4.78 is 79.1. The summed E-state index contributed by atoms with van der Waals surface area (Å²) in [6.07, 6.45) is -5.26. The number of aromatic nitrogens is 2. The van der Waals surface area contributed by atoms with E-state index in [0.29, 0.717) is 12.0 Å². The first-order valence-corrected chi connectivity index (χ1v) is 11.0. The number of aliphatic hydroxyl groups is 1. The van der Waals surface area contributed by atoms with E-state index in [1.54, 1.807) is 6.07 Å². The van der Waals surface area contributed by atoms with Crippen molar-refractivity contribution in [3.8, 4) is 22.4 Å². The van der Waals surface area contributed by atoms with E-state index in [9.17, 15) is 31.1 Å². The van der Waals surface area contributed by atoms with Gasteiger partial charge in [0.1, 0.15) is 11.6 Å². The van der Waals surface area contributed by atoms with Crippen molar-refractivity contribution in [3.63, 3.8) is 0 Å². The van der Waals surface area contributed by atoms with E-state index in [-0.39, 0.29) is 41.4 Å². The van der Waals surface area contributed by atoms with Crippen LogP contribution in [0.5, 0.6) is 0 Å². The highest BCUT2D eigenvalue weighted by Gasteiger charge is 2.38. The van der Waals surface area contributed by atoms with Crippen molar-refractivity contribution in [2.45, 2.75) is 18.7 Å². The Morgan fingerprint density at radius 3 is 2.39 bits per heavy atom. The molecule has 1 aromatic heterocycles. The molecule has 1 atom stereocenters. The number of nitrogens with zero attached hydrogens (tertiary/aromatic N) is 3. The van der Waals surface area contributed by atoms with Gasteiger partial charge in [-0.05, 0) is 48.4 Å². The van der Waals surface area contributed by atoms with E-state index in [4.69, 9.17) is 0 Å². The Hall–Kier alpha value is -3.25. The highest BCUT2D eigenvalue weighted by atomic mass is 32.2. The highest BCUT2D eigenvalue weighted by molar-refractivity contribution is 7.73. The average Bonchev–Trinajstić information content (AvgIpc) is 3.18. The normalized spacial score (nSPS) is 16.4. The molecule has 1 saturated heterocycles. The number of halogens is 4. The standard InChI is InChI=1S/C21H18F4N4O3S/c22-14-6-4-12(5-7-14)18-17(13-2-1-3-15(10-13)28-33(31)32)19(29-9-8-16(30)11-29)27-20(26-18)21(23,24)25/h1-7,10,16,30,33H,8-9,11H2,(H,28,31,32)/t16-/m1/s1. The van der Waals surface area contributed by atoms with E-state index in [1.807, 2.05) is 0 Å². The quantitative estimate of drug-likeness (QED) is 0.381. The molecule has 0 spiro atoms. The molecule has 0 aliphatic carbocycles. The molecule has 0 bridgehead atoms. The zero-order valence-corrected chi connectivity index (χ0v) is 17.8. The van der Waals surface area contributed by atoms with Gasteiger partial charge >= 0.3 is 6.18 Å². The van der Waals surface area contributed by atoms with Crippen LogP contribution < -0.4 is 9.62 Å². The minimum atomic E-state index is -4.86. The molecule has 174 valence electrons. The van der Waals surface area contributed by atoms with Gasteiger partial charge in [-0.1, -0.05) is 12.1 Å². The van der Waals surface area contributed by atoms with Crippen LogP contribution in [-0.2, 0) is 17.1 Å². The van der Waals surface area contributed by atoms with E-state index in [2.05, 4.69) is 14.7 Å². The summed E-state index contributed by atoms with van der Waals surface area (Å²) in [6, 6.07) is 10.9. The molecule has 2 aromatic carbocycles. The lowest BCUT2D eigenvalue weighted by atomic mass is 9.98. The number of nitrogens with one attached hydrogen (secondary N) is 1. The second-order valence-corrected chi connectivity index (χ2v) is 8.18. The Morgan fingerprint density at radius 1 is 1.06 bits per heavy atom. The van der Waals surface area contributed by atoms with Gasteiger partial charge in [0.25, 0.3) is 0 Å². The first-order valence-electron chi connectivity index (χ1n) is 9.81. The molecule has 0 radical (unpaired) electrons. The molecule has 1 fully saturated rings. The van der Waals surface area contributed by atoms with Crippen LogP contribution >= 0.6 is 0 Å². The Bertz CT molecular complexity index is 1240. The van der Waals surface area contributed by atoms with Gasteiger partial charge in [-0.25, -0.2) is 22.8 Å². The zero-order valence-electron chi connectivity index (χ0n) is 16.9. The van der Waals surface area contributed by atoms with Crippen molar-refractivity contribution in [2.24, 2.45) is 0 Å². The first kappa shape index (κ1) is 22.9. The van der Waals surface area contributed by atoms with Gasteiger partial charge in [-0.15, -0.1) is 0 Å². The average molecular weight is 482 g/mol. The molecule has 33 heavy (non-hydrogen) atoms. The Balaban J connectivity index is 2.02. The number of aliphatic hydroxyl groups excluding tert-OH is 1. The fourth-order valence-electron chi connectivity index (χ4n) is 3.67. The van der Waals surface area contributed by atoms with Crippen LogP contribution in [0.4, 0.5) is 29.1 Å². The molecular formula is C21H18F4N4O3S. The Morgan fingerprint density at radius 2 is 1.79 bits per heavy atom. The third kappa shape index (κ3) is 5.06. The van der Waals surface area contributed by atoms with Crippen molar-refractivity contribution in [3.05, 3.63) is 60.2 Å². The first-order chi connectivity index (χ1) is 15.6. The Kier molecular flexibility index (Phi) is 6.21. The highest BCUT2D eigenvalue weighted by Crippen LogP contribution is 2.41. The molecule has 0 saturated carbocycles. The van der Waals surface area contributed by atoms with Crippen LogP contribution in [0.15, 0.2) is 48.5 Å². The number of anilines is 2. The lowest BCUT2D eigenvalue weighted by molar-refractivity contribution is -0.144. The van der Waals surface area contributed by atoms with Crippen LogP contribution in [-0.4, -0.2) is 42.7 Å². The minimum Gasteiger partial charge on any atom is -0.391 e. The lowest BCUT2D eigenvalue weighted by Crippen LogP contribution is -2.25. The number of benzene rings is 2. The fraction of sp³-hybridized carbons (Fsp3) is 0.238. The van der Waals surface area contributed by atoms with E-state index < -0.39 is 34.8 Å². The summed E-state index contributed by atoms with van der Waals surface area (Å²) >= 11 is 0. The summed E-state index contributed by atoms with van der Waals surface area (Å²) in [7, 11) is -2.97. The summed E-state index contributed by atoms with van der Waals surface area (Å²) in [5.41, 5.74) is 0.863. The maximum atomic E-state index is 13.7. The van der Waals surface area contributed by atoms with Gasteiger partial charge < -0.3 is 10.0 Å². The predicted octanol–water partition coefficient (Wildman–Crippen LogP) is 3.48. The summed E-state index contributed by atoms with van der Waals surface area (Å²) in [4.78, 5) is 9.10. The van der Waals surface area contributed by atoms with Crippen molar-refractivity contribution in [1.29, 1.82) is 0 Å². The molecule has 7 nitrogen and oxygen atoms in total. The molecule has 4 rings (SSSR count). The van der Waals surface area contributed by atoms with Crippen molar-refractivity contribution >= 4 is 22.4 Å². The van der Waals surface area contributed by atoms with Crippen LogP contribution in [0.2, 0.25) is 0 Å². The third-order valence-electron chi connectivity index (χ3n) is 5.10. The number of hydrogen-bond donors (Lipinski definition) is 3. The van der Waals surface area contributed by atoms with Crippen molar-refractivity contribution < 1.29 is 31.1 Å². The summed E-state index contributed by atoms with van der Waals surface area (Å²) in [6.45, 7) is 0.324. The zero-order chi connectivity index (χ0) is 23.8. The molecule has 0 amide bonds. The SMILES string of the molecule is O=[SH](=O)Nc1cccc(-c2c(-c3ccc(F)cc3)nc(C(F)(F)F)nc2N2CC[C@@H](O)C2)c1. The smallest absolute Gasteiger partial charge is 0.391 e. The summed E-state index contributed by atoms with van der Waals surface area (Å²) in [5.74, 6) is -2.01. The number of rotatable bonds is 5. The maximum Gasteiger partial charge on any atom is 0.451 e. The molecule has 1 aliphatic heterocycles. The summed E-state index contributed by atoms with van der Waals surface area (Å²) in [5, 5.41) is 9.99. The molecule has 0 unspecified atom stereocenters. The molecule has 1 aliphatic rings. The van der Waals surface area contributed by atoms with E-state index in [1.165, 1.54) is 35.2 Å². The molecule has 12 heteroatoms. The number of hydrogen-bond acceptors (Lipinski definition) is 6. The van der Waals surface area contributed by atoms with Crippen LogP contribution in [0.1, 0.15) is 12.2 Å². The predicted molar refractivity (Wildman–Crippen MR) is 115 cm³/mol. The van der Waals surface area contributed by atoms with Crippen LogP contribution in [0.25, 0.3) is 22.4 Å². The molecular weight excluding hydrogens is 464 g/mol. The van der Waals surface area contributed by atoms with Crippen LogP contribution in [0, 0.1) is 5.82 Å². The molecule has 3 aromatic rings. The fourth-order valence-corrected chi connectivity index (χ4v) is 4.02. The second kappa shape index (κ2) is 8.94. The molecule has 2 N–H and O–H groups in total. The number of β-amino-alcohol motifs (C(OH)–C–C–N with tert-alkyl or cyclic N) is 1. The maximum absolute atomic E-state index is 13.7. The van der Waals surface area contributed by atoms with Crippen molar-refractivity contribution in [2.75, 3.05) is 22.7 Å². The van der Waals surface area contributed by atoms with Gasteiger partial charge in [0.15, 0.2) is 0 Å². The monoisotopic (exact) mass is 482 g/mol. The number of thiol groups is 1. The van der Waals surface area contributed by atoms with E-state index in [0.717, 1.165) is 12.1 Å². The van der Waals surface area contributed by atoms with Gasteiger partial charge in [-0.2, -0.15) is 13.2 Å².